The van der Waals surface area contributed by atoms with Gasteiger partial charge in [0.05, 0.1) is 0 Å². The number of urea groups is 1. The van der Waals surface area contributed by atoms with Gasteiger partial charge in [-0.15, -0.1) is 0 Å². The monoisotopic (exact) mass is 261 g/mol. The number of hydrogen-bond donors (Lipinski definition) is 2. The first-order chi connectivity index (χ1) is 9.15. The SMILES string of the molecule is CC(=O)N1CCC(NC(=O)NCc2ccccc2)C1. The zero-order valence-electron chi connectivity index (χ0n) is 11.1. The summed E-state index contributed by atoms with van der Waals surface area (Å²) < 4.78 is 0. The molecule has 0 bridgehead atoms. The van der Waals surface area contributed by atoms with E-state index in [2.05, 4.69) is 10.6 Å². The first-order valence-electron chi connectivity index (χ1n) is 6.49. The van der Waals surface area contributed by atoms with E-state index in [-0.39, 0.29) is 18.0 Å². The third-order valence-corrected chi connectivity index (χ3v) is 3.26. The lowest BCUT2D eigenvalue weighted by Gasteiger charge is -2.15. The minimum Gasteiger partial charge on any atom is -0.341 e. The minimum atomic E-state index is -0.181. The molecule has 1 saturated heterocycles. The molecule has 5 heteroatoms. The van der Waals surface area contributed by atoms with Crippen LogP contribution in [0.2, 0.25) is 0 Å². The number of nitrogens with one attached hydrogen (secondary N) is 2. The summed E-state index contributed by atoms with van der Waals surface area (Å²) in [6, 6.07) is 9.63. The lowest BCUT2D eigenvalue weighted by atomic mass is 10.2. The van der Waals surface area contributed by atoms with Crippen LogP contribution >= 0.6 is 0 Å². The highest BCUT2D eigenvalue weighted by Gasteiger charge is 2.25. The molecule has 1 aromatic rings. The van der Waals surface area contributed by atoms with Crippen molar-refractivity contribution in [3.05, 3.63) is 35.9 Å². The third kappa shape index (κ3) is 3.98. The zero-order valence-corrected chi connectivity index (χ0v) is 11.1. The molecule has 0 aliphatic carbocycles. The average molecular weight is 261 g/mol. The van der Waals surface area contributed by atoms with E-state index in [1.165, 1.54) is 0 Å². The molecule has 1 fully saturated rings. The Kier molecular flexibility index (Phi) is 4.39. The summed E-state index contributed by atoms with van der Waals surface area (Å²) in [5, 5.41) is 5.71. The first-order valence-corrected chi connectivity index (χ1v) is 6.49. The van der Waals surface area contributed by atoms with E-state index in [0.717, 1.165) is 18.5 Å². The Bertz CT molecular complexity index is 447. The van der Waals surface area contributed by atoms with Crippen LogP contribution in [0.25, 0.3) is 0 Å². The molecule has 102 valence electrons. The van der Waals surface area contributed by atoms with Crippen LogP contribution in [0.1, 0.15) is 18.9 Å². The van der Waals surface area contributed by atoms with Crippen molar-refractivity contribution >= 4 is 11.9 Å². The normalized spacial score (nSPS) is 18.2. The molecule has 0 saturated carbocycles. The highest BCUT2D eigenvalue weighted by molar-refractivity contribution is 5.75. The number of rotatable bonds is 3. The van der Waals surface area contributed by atoms with Crippen LogP contribution in [0, 0.1) is 0 Å². The quantitative estimate of drug-likeness (QED) is 0.856. The molecule has 3 amide bonds. The van der Waals surface area contributed by atoms with Crippen molar-refractivity contribution in [2.75, 3.05) is 13.1 Å². The third-order valence-electron chi connectivity index (χ3n) is 3.26. The lowest BCUT2D eigenvalue weighted by molar-refractivity contribution is -0.127. The Hall–Kier alpha value is -2.04. The molecule has 19 heavy (non-hydrogen) atoms. The van der Waals surface area contributed by atoms with Crippen molar-refractivity contribution in [1.82, 2.24) is 15.5 Å². The molecule has 0 aromatic heterocycles. The van der Waals surface area contributed by atoms with Gasteiger partial charge < -0.3 is 15.5 Å². The molecular weight excluding hydrogens is 242 g/mol. The second kappa shape index (κ2) is 6.22. The van der Waals surface area contributed by atoms with E-state index in [9.17, 15) is 9.59 Å². The van der Waals surface area contributed by atoms with E-state index in [1.54, 1.807) is 11.8 Å². The fourth-order valence-corrected chi connectivity index (χ4v) is 2.18. The molecule has 1 unspecified atom stereocenters. The summed E-state index contributed by atoms with van der Waals surface area (Å²) in [6.45, 7) is 3.39. The maximum atomic E-state index is 11.7. The summed E-state index contributed by atoms with van der Waals surface area (Å²) in [4.78, 5) is 24.7. The van der Waals surface area contributed by atoms with Crippen LogP contribution in [0.3, 0.4) is 0 Å². The van der Waals surface area contributed by atoms with Gasteiger partial charge in [-0.3, -0.25) is 4.79 Å². The van der Waals surface area contributed by atoms with Crippen molar-refractivity contribution in [3.8, 4) is 0 Å². The van der Waals surface area contributed by atoms with Crippen LogP contribution < -0.4 is 10.6 Å². The Labute approximate surface area is 113 Å². The summed E-state index contributed by atoms with van der Waals surface area (Å²) in [6.07, 6.45) is 0.818. The van der Waals surface area contributed by atoms with Crippen LogP contribution in [0.15, 0.2) is 30.3 Å². The summed E-state index contributed by atoms with van der Waals surface area (Å²) in [7, 11) is 0. The van der Waals surface area contributed by atoms with Crippen molar-refractivity contribution in [2.45, 2.75) is 25.9 Å². The predicted octanol–water partition coefficient (Wildman–Crippen LogP) is 1.11. The number of nitrogens with zero attached hydrogens (tertiary/aromatic N) is 1. The second-order valence-electron chi connectivity index (χ2n) is 4.76. The standard InChI is InChI=1S/C14H19N3O2/c1-11(18)17-8-7-13(10-17)16-14(19)15-9-12-5-3-2-4-6-12/h2-6,13H,7-10H2,1H3,(H2,15,16,19). The van der Waals surface area contributed by atoms with Crippen molar-refractivity contribution in [1.29, 1.82) is 0 Å². The molecule has 0 radical (unpaired) electrons. The lowest BCUT2D eigenvalue weighted by Crippen LogP contribution is -2.43. The smallest absolute Gasteiger partial charge is 0.315 e. The van der Waals surface area contributed by atoms with Gasteiger partial charge in [0.15, 0.2) is 0 Å². The molecule has 1 aromatic carbocycles. The molecule has 1 aliphatic rings. The van der Waals surface area contributed by atoms with Crippen LogP contribution in [0.4, 0.5) is 4.79 Å². The van der Waals surface area contributed by atoms with Crippen LogP contribution in [-0.2, 0) is 11.3 Å². The summed E-state index contributed by atoms with van der Waals surface area (Å²) >= 11 is 0. The van der Waals surface area contributed by atoms with Gasteiger partial charge >= 0.3 is 6.03 Å². The first kappa shape index (κ1) is 13.4. The fraction of sp³-hybridized carbons (Fsp3) is 0.429. The largest absolute Gasteiger partial charge is 0.341 e. The van der Waals surface area contributed by atoms with Gasteiger partial charge in [-0.2, -0.15) is 0 Å². The number of likely N-dealkylation sites (tertiary alicyclic amines) is 1. The number of carbonyl (C=O) groups excluding carboxylic acids is 2. The Balaban J connectivity index is 1.72. The number of carbonyl (C=O) groups is 2. The molecular formula is C14H19N3O2. The molecule has 2 rings (SSSR count). The van der Waals surface area contributed by atoms with E-state index < -0.39 is 0 Å². The van der Waals surface area contributed by atoms with Gasteiger partial charge in [0.2, 0.25) is 5.91 Å². The van der Waals surface area contributed by atoms with Gasteiger partial charge in [-0.1, -0.05) is 30.3 Å². The fourth-order valence-electron chi connectivity index (χ4n) is 2.18. The molecule has 1 aliphatic heterocycles. The zero-order chi connectivity index (χ0) is 13.7. The highest BCUT2D eigenvalue weighted by Crippen LogP contribution is 2.08. The van der Waals surface area contributed by atoms with Gasteiger partial charge in [0.25, 0.3) is 0 Å². The highest BCUT2D eigenvalue weighted by atomic mass is 16.2. The van der Waals surface area contributed by atoms with Gasteiger partial charge in [-0.25, -0.2) is 4.79 Å². The maximum Gasteiger partial charge on any atom is 0.315 e. The minimum absolute atomic E-state index is 0.0553. The number of hydrogen-bond acceptors (Lipinski definition) is 2. The molecule has 1 heterocycles. The molecule has 1 atom stereocenters. The Morgan fingerprint density at radius 3 is 2.68 bits per heavy atom. The van der Waals surface area contributed by atoms with E-state index in [0.29, 0.717) is 13.1 Å². The topological polar surface area (TPSA) is 61.4 Å². The molecule has 2 N–H and O–H groups in total. The van der Waals surface area contributed by atoms with Crippen LogP contribution in [-0.4, -0.2) is 36.0 Å². The second-order valence-corrected chi connectivity index (χ2v) is 4.76. The molecule has 0 spiro atoms. The number of benzene rings is 1. The van der Waals surface area contributed by atoms with E-state index >= 15 is 0 Å². The van der Waals surface area contributed by atoms with Crippen molar-refractivity contribution in [2.24, 2.45) is 0 Å². The Morgan fingerprint density at radius 2 is 2.05 bits per heavy atom. The predicted molar refractivity (Wildman–Crippen MR) is 72.5 cm³/mol. The summed E-state index contributed by atoms with van der Waals surface area (Å²) in [5.41, 5.74) is 1.06. The average Bonchev–Trinajstić information content (AvgIpc) is 2.86. The number of amides is 3. The van der Waals surface area contributed by atoms with Crippen molar-refractivity contribution in [3.63, 3.8) is 0 Å². The summed E-state index contributed by atoms with van der Waals surface area (Å²) in [5.74, 6) is 0.0639. The van der Waals surface area contributed by atoms with Gasteiger partial charge in [0, 0.05) is 32.6 Å². The maximum absolute atomic E-state index is 11.7. The Morgan fingerprint density at radius 1 is 1.32 bits per heavy atom. The van der Waals surface area contributed by atoms with E-state index in [4.69, 9.17) is 0 Å². The van der Waals surface area contributed by atoms with Gasteiger partial charge in [0.1, 0.15) is 0 Å². The van der Waals surface area contributed by atoms with Crippen LogP contribution in [0.5, 0.6) is 0 Å². The van der Waals surface area contributed by atoms with Crippen molar-refractivity contribution < 1.29 is 9.59 Å². The van der Waals surface area contributed by atoms with Gasteiger partial charge in [-0.05, 0) is 12.0 Å². The van der Waals surface area contributed by atoms with E-state index in [1.807, 2.05) is 30.3 Å². The molecule has 5 nitrogen and oxygen atoms in total.